The van der Waals surface area contributed by atoms with E-state index in [1.165, 1.54) is 5.39 Å². The van der Waals surface area contributed by atoms with E-state index in [1.54, 1.807) is 0 Å². The molecule has 0 amide bonds. The molecule has 0 aliphatic carbocycles. The Morgan fingerprint density at radius 3 is 1.25 bits per heavy atom. The van der Waals surface area contributed by atoms with Gasteiger partial charge in [-0.1, -0.05) is 146 Å². The molecule has 0 saturated heterocycles. The fraction of sp³-hybridized carbons (Fsp3) is 0. The van der Waals surface area contributed by atoms with Crippen LogP contribution in [0.15, 0.2) is 164 Å². The maximum Gasteiger partial charge on any atom is 0.164 e. The normalized spacial score (nSPS) is 11.3. The van der Waals surface area contributed by atoms with Gasteiger partial charge in [0, 0.05) is 38.6 Å². The molecule has 0 aliphatic heterocycles. The molecule has 48 heavy (non-hydrogen) atoms. The zero-order valence-corrected chi connectivity index (χ0v) is 25.8. The van der Waals surface area contributed by atoms with Crippen LogP contribution >= 0.6 is 0 Å². The first kappa shape index (κ1) is 27.7. The van der Waals surface area contributed by atoms with Crippen molar-refractivity contribution < 1.29 is 0 Å². The van der Waals surface area contributed by atoms with Crippen molar-refractivity contribution in [3.63, 3.8) is 0 Å². The predicted molar refractivity (Wildman–Crippen MR) is 195 cm³/mol. The fourth-order valence-corrected chi connectivity index (χ4v) is 6.17. The average Bonchev–Trinajstić information content (AvgIpc) is 3.18. The van der Waals surface area contributed by atoms with Crippen LogP contribution in [-0.2, 0) is 0 Å². The van der Waals surface area contributed by atoms with Crippen molar-refractivity contribution in [2.75, 3.05) is 0 Å². The van der Waals surface area contributed by atoms with Gasteiger partial charge in [-0.15, -0.1) is 0 Å². The summed E-state index contributed by atoms with van der Waals surface area (Å²) in [6.45, 7) is 0. The molecule has 224 valence electrons. The molecule has 0 N–H and O–H groups in total. The van der Waals surface area contributed by atoms with Gasteiger partial charge in [0.15, 0.2) is 17.5 Å². The van der Waals surface area contributed by atoms with E-state index in [2.05, 4.69) is 109 Å². The molecule has 0 atom stereocenters. The Balaban J connectivity index is 1.12. The van der Waals surface area contributed by atoms with Crippen LogP contribution in [0.4, 0.5) is 0 Å². The van der Waals surface area contributed by atoms with Crippen molar-refractivity contribution >= 4 is 32.6 Å². The van der Waals surface area contributed by atoms with Crippen molar-refractivity contribution in [2.24, 2.45) is 0 Å². The van der Waals surface area contributed by atoms with E-state index in [1.807, 2.05) is 54.6 Å². The third-order valence-electron chi connectivity index (χ3n) is 8.70. The van der Waals surface area contributed by atoms with Crippen LogP contribution in [0.25, 0.3) is 89.3 Å². The number of hydrogen-bond donors (Lipinski definition) is 0. The van der Waals surface area contributed by atoms with Gasteiger partial charge in [0.2, 0.25) is 0 Å². The highest BCUT2D eigenvalue weighted by molar-refractivity contribution is 6.04. The van der Waals surface area contributed by atoms with Gasteiger partial charge in [-0.3, -0.25) is 0 Å². The van der Waals surface area contributed by atoms with Gasteiger partial charge in [0.05, 0.1) is 22.4 Å². The lowest BCUT2D eigenvalue weighted by Crippen LogP contribution is -2.00. The summed E-state index contributed by atoms with van der Waals surface area (Å²) in [5.41, 5.74) is 8.47. The Bertz CT molecular complexity index is 2600. The first-order chi connectivity index (χ1) is 23.7. The van der Waals surface area contributed by atoms with Gasteiger partial charge in [-0.2, -0.15) is 0 Å². The van der Waals surface area contributed by atoms with Crippen molar-refractivity contribution in [3.05, 3.63) is 164 Å². The summed E-state index contributed by atoms with van der Waals surface area (Å²) < 4.78 is 0. The number of benzene rings is 6. The summed E-state index contributed by atoms with van der Waals surface area (Å²) in [5.74, 6) is 1.89. The van der Waals surface area contributed by atoms with Crippen LogP contribution in [-0.4, -0.2) is 24.9 Å². The largest absolute Gasteiger partial charge is 0.245 e. The van der Waals surface area contributed by atoms with Crippen LogP contribution in [0.5, 0.6) is 0 Å². The van der Waals surface area contributed by atoms with Crippen LogP contribution < -0.4 is 0 Å². The Morgan fingerprint density at radius 1 is 0.250 bits per heavy atom. The molecule has 6 aromatic carbocycles. The van der Waals surface area contributed by atoms with Crippen LogP contribution in [0.1, 0.15) is 0 Å². The highest BCUT2D eigenvalue weighted by Gasteiger charge is 2.14. The van der Waals surface area contributed by atoms with Crippen molar-refractivity contribution in [2.45, 2.75) is 0 Å². The first-order valence-corrected chi connectivity index (χ1v) is 15.9. The van der Waals surface area contributed by atoms with E-state index in [4.69, 9.17) is 24.9 Å². The lowest BCUT2D eigenvalue weighted by molar-refractivity contribution is 1.07. The molecular formula is C43H27N5. The molecule has 5 heteroatoms. The van der Waals surface area contributed by atoms with Gasteiger partial charge >= 0.3 is 0 Å². The summed E-state index contributed by atoms with van der Waals surface area (Å²) in [4.78, 5) is 25.0. The quantitative estimate of drug-likeness (QED) is 0.181. The molecule has 3 aromatic heterocycles. The standard InChI is InChI=1S/C43H27N5/c1-3-10-29(11-4-1)37-25-23-31-18-19-32-24-26-38(45-40(32)39(31)44-37)30-16-20-34(21-17-30)42-46-41(33-12-5-2-6-13-33)47-43(48-42)36-22-15-28-9-7-8-14-35(28)27-36/h1-27H. The molecule has 0 aliphatic rings. The second-order valence-electron chi connectivity index (χ2n) is 11.8. The van der Waals surface area contributed by atoms with Gasteiger partial charge in [0.1, 0.15) is 0 Å². The second-order valence-corrected chi connectivity index (χ2v) is 11.8. The van der Waals surface area contributed by atoms with Gasteiger partial charge in [-0.25, -0.2) is 24.9 Å². The molecule has 0 unspecified atom stereocenters. The topological polar surface area (TPSA) is 64.5 Å². The first-order valence-electron chi connectivity index (χ1n) is 15.9. The van der Waals surface area contributed by atoms with E-state index in [0.29, 0.717) is 17.5 Å². The minimum Gasteiger partial charge on any atom is -0.245 e. The fourth-order valence-electron chi connectivity index (χ4n) is 6.17. The number of aromatic nitrogens is 5. The highest BCUT2D eigenvalue weighted by Crippen LogP contribution is 2.31. The summed E-state index contributed by atoms with van der Waals surface area (Å²) >= 11 is 0. The molecule has 0 fully saturated rings. The molecule has 5 nitrogen and oxygen atoms in total. The minimum atomic E-state index is 0.619. The van der Waals surface area contributed by atoms with Crippen molar-refractivity contribution in [1.29, 1.82) is 0 Å². The van der Waals surface area contributed by atoms with E-state index in [-0.39, 0.29) is 0 Å². The summed E-state index contributed by atoms with van der Waals surface area (Å²) in [6, 6.07) is 55.8. The number of nitrogens with zero attached hydrogens (tertiary/aromatic N) is 5. The van der Waals surface area contributed by atoms with Crippen molar-refractivity contribution in [1.82, 2.24) is 24.9 Å². The predicted octanol–water partition coefficient (Wildman–Crippen LogP) is 10.5. The summed E-state index contributed by atoms with van der Waals surface area (Å²) in [7, 11) is 0. The third-order valence-corrected chi connectivity index (χ3v) is 8.70. The molecule has 9 rings (SSSR count). The van der Waals surface area contributed by atoms with Crippen LogP contribution in [0, 0.1) is 0 Å². The molecule has 0 radical (unpaired) electrons. The highest BCUT2D eigenvalue weighted by atomic mass is 15.0. The van der Waals surface area contributed by atoms with Crippen LogP contribution in [0.3, 0.4) is 0 Å². The SMILES string of the molecule is c1ccc(-c2ccc3ccc4ccc(-c5ccc(-c6nc(-c7ccccc7)nc(-c7ccc8ccccc8c7)n6)cc5)nc4c3n2)cc1. The maximum atomic E-state index is 5.14. The lowest BCUT2D eigenvalue weighted by atomic mass is 10.0. The summed E-state index contributed by atoms with van der Waals surface area (Å²) in [6.07, 6.45) is 0. The van der Waals surface area contributed by atoms with Gasteiger partial charge in [0.25, 0.3) is 0 Å². The Labute approximate surface area is 277 Å². The molecule has 9 aromatic rings. The van der Waals surface area contributed by atoms with Gasteiger partial charge < -0.3 is 0 Å². The Morgan fingerprint density at radius 2 is 0.646 bits per heavy atom. The number of fused-ring (bicyclic) bond motifs is 4. The van der Waals surface area contributed by atoms with E-state index in [0.717, 1.165) is 66.4 Å². The number of hydrogen-bond acceptors (Lipinski definition) is 5. The Kier molecular flexibility index (Phi) is 6.72. The number of pyridine rings is 2. The van der Waals surface area contributed by atoms with Crippen LogP contribution in [0.2, 0.25) is 0 Å². The van der Waals surface area contributed by atoms with E-state index < -0.39 is 0 Å². The smallest absolute Gasteiger partial charge is 0.164 e. The summed E-state index contributed by atoms with van der Waals surface area (Å²) in [5, 5.41) is 4.44. The molecular weight excluding hydrogens is 587 g/mol. The molecule has 0 spiro atoms. The minimum absolute atomic E-state index is 0.619. The third kappa shape index (κ3) is 5.13. The van der Waals surface area contributed by atoms with E-state index >= 15 is 0 Å². The molecule has 0 saturated carbocycles. The zero-order chi connectivity index (χ0) is 31.9. The Hall–Kier alpha value is -6.59. The average molecular weight is 614 g/mol. The maximum absolute atomic E-state index is 5.14. The molecule has 3 heterocycles. The van der Waals surface area contributed by atoms with E-state index in [9.17, 15) is 0 Å². The zero-order valence-electron chi connectivity index (χ0n) is 25.8. The second kappa shape index (κ2) is 11.6. The van der Waals surface area contributed by atoms with Crippen molar-refractivity contribution in [3.8, 4) is 56.7 Å². The number of rotatable bonds is 5. The monoisotopic (exact) mass is 613 g/mol. The van der Waals surface area contributed by atoms with Gasteiger partial charge in [-0.05, 0) is 29.0 Å². The molecule has 0 bridgehead atoms. The lowest BCUT2D eigenvalue weighted by Gasteiger charge is -2.10.